The lowest BCUT2D eigenvalue weighted by Gasteiger charge is -2.44. The van der Waals surface area contributed by atoms with Crippen LogP contribution in [0.3, 0.4) is 0 Å². The Kier molecular flexibility index (Phi) is 3.63. The third kappa shape index (κ3) is 2.73. The first-order chi connectivity index (χ1) is 6.32. The molecule has 1 unspecified atom stereocenters. The van der Waals surface area contributed by atoms with Crippen LogP contribution in [-0.2, 0) is 0 Å². The molecule has 0 aromatic carbocycles. The predicted molar refractivity (Wildman–Crippen MR) is 63.5 cm³/mol. The number of hydrogen-bond donors (Lipinski definition) is 0. The summed E-state index contributed by atoms with van der Waals surface area (Å²) in [6.45, 7) is 15.5. The van der Waals surface area contributed by atoms with E-state index in [1.807, 2.05) is 0 Å². The molecule has 0 spiro atoms. The first-order valence-corrected chi connectivity index (χ1v) is 6.08. The Bertz CT molecular complexity index is 178. The van der Waals surface area contributed by atoms with Crippen LogP contribution in [0.1, 0.15) is 54.4 Å². The summed E-state index contributed by atoms with van der Waals surface area (Å²) in [4.78, 5) is 2.64. The van der Waals surface area contributed by atoms with Crippen molar-refractivity contribution in [3.63, 3.8) is 0 Å². The minimum Gasteiger partial charge on any atom is -0.298 e. The Morgan fingerprint density at radius 2 is 1.79 bits per heavy atom. The molecular weight excluding hydrogens is 170 g/mol. The van der Waals surface area contributed by atoms with Crippen LogP contribution in [-0.4, -0.2) is 23.5 Å². The second-order valence-electron chi connectivity index (χ2n) is 6.27. The van der Waals surface area contributed by atoms with Gasteiger partial charge in [0.05, 0.1) is 0 Å². The molecule has 2 atom stereocenters. The van der Waals surface area contributed by atoms with Crippen LogP contribution in [0.15, 0.2) is 0 Å². The number of piperidine rings is 1. The van der Waals surface area contributed by atoms with E-state index >= 15 is 0 Å². The molecule has 1 aliphatic heterocycles. The molecule has 1 heterocycles. The average molecular weight is 197 g/mol. The molecule has 1 nitrogen and oxygen atoms in total. The van der Waals surface area contributed by atoms with Crippen LogP contribution >= 0.6 is 0 Å². The van der Waals surface area contributed by atoms with Gasteiger partial charge in [-0.15, -0.1) is 0 Å². The highest BCUT2D eigenvalue weighted by molar-refractivity contribution is 4.86. The molecule has 14 heavy (non-hydrogen) atoms. The molecule has 0 bridgehead atoms. The van der Waals surface area contributed by atoms with Crippen LogP contribution in [0, 0.1) is 11.3 Å². The van der Waals surface area contributed by atoms with E-state index in [1.54, 1.807) is 0 Å². The highest BCUT2D eigenvalue weighted by atomic mass is 15.2. The second kappa shape index (κ2) is 4.22. The molecule has 0 aromatic rings. The van der Waals surface area contributed by atoms with Gasteiger partial charge in [-0.3, -0.25) is 4.90 Å². The zero-order chi connectivity index (χ0) is 10.9. The Hall–Kier alpha value is -0.0400. The summed E-state index contributed by atoms with van der Waals surface area (Å²) in [5, 5.41) is 0. The monoisotopic (exact) mass is 197 g/mol. The molecule has 1 heteroatoms. The van der Waals surface area contributed by atoms with E-state index in [0.717, 1.165) is 12.0 Å². The first-order valence-electron chi connectivity index (χ1n) is 6.08. The second-order valence-corrected chi connectivity index (χ2v) is 6.27. The van der Waals surface area contributed by atoms with E-state index in [1.165, 1.54) is 19.4 Å². The largest absolute Gasteiger partial charge is 0.298 e. The highest BCUT2D eigenvalue weighted by Gasteiger charge is 2.33. The summed E-state index contributed by atoms with van der Waals surface area (Å²) in [6.07, 6.45) is 2.76. The standard InChI is InChI=1S/C13H27N/c1-10(2)14-8-7-12(9-11(14)3)13(4,5)6/h10-12H,7-9H2,1-6H3/t11-,12?/m1/s1. The Morgan fingerprint density at radius 1 is 1.21 bits per heavy atom. The van der Waals surface area contributed by atoms with Gasteiger partial charge in [0, 0.05) is 12.1 Å². The van der Waals surface area contributed by atoms with Crippen molar-refractivity contribution in [1.29, 1.82) is 0 Å². The van der Waals surface area contributed by atoms with Crippen molar-refractivity contribution >= 4 is 0 Å². The fourth-order valence-corrected chi connectivity index (χ4v) is 2.74. The number of likely N-dealkylation sites (tertiary alicyclic amines) is 1. The SMILES string of the molecule is CC(C)N1CCC(C(C)(C)C)C[C@H]1C. The van der Waals surface area contributed by atoms with Gasteiger partial charge in [0.2, 0.25) is 0 Å². The lowest BCUT2D eigenvalue weighted by atomic mass is 9.73. The minimum atomic E-state index is 0.497. The molecule has 1 aliphatic rings. The number of hydrogen-bond acceptors (Lipinski definition) is 1. The van der Waals surface area contributed by atoms with Gasteiger partial charge in [-0.25, -0.2) is 0 Å². The Labute approximate surface area is 89.9 Å². The maximum Gasteiger partial charge on any atom is 0.00724 e. The fourth-order valence-electron chi connectivity index (χ4n) is 2.74. The van der Waals surface area contributed by atoms with Gasteiger partial charge in [0.1, 0.15) is 0 Å². The smallest absolute Gasteiger partial charge is 0.00724 e. The topological polar surface area (TPSA) is 3.24 Å². The van der Waals surface area contributed by atoms with E-state index in [-0.39, 0.29) is 0 Å². The van der Waals surface area contributed by atoms with Crippen molar-refractivity contribution in [2.45, 2.75) is 66.5 Å². The van der Waals surface area contributed by atoms with Crippen molar-refractivity contribution in [3.05, 3.63) is 0 Å². The third-order valence-electron chi connectivity index (χ3n) is 3.82. The lowest BCUT2D eigenvalue weighted by Crippen LogP contribution is -2.46. The minimum absolute atomic E-state index is 0.497. The molecule has 1 saturated heterocycles. The van der Waals surface area contributed by atoms with Gasteiger partial charge in [0.15, 0.2) is 0 Å². The summed E-state index contributed by atoms with van der Waals surface area (Å²) < 4.78 is 0. The summed E-state index contributed by atoms with van der Waals surface area (Å²) in [7, 11) is 0. The molecule has 0 N–H and O–H groups in total. The highest BCUT2D eigenvalue weighted by Crippen LogP contribution is 2.37. The molecule has 84 valence electrons. The van der Waals surface area contributed by atoms with Gasteiger partial charge in [-0.05, 0) is 51.5 Å². The molecule has 0 saturated carbocycles. The first kappa shape index (κ1) is 12.0. The summed E-state index contributed by atoms with van der Waals surface area (Å²) in [5.41, 5.74) is 0.497. The molecule has 1 fully saturated rings. The maximum atomic E-state index is 2.64. The molecule has 0 amide bonds. The van der Waals surface area contributed by atoms with E-state index < -0.39 is 0 Å². The van der Waals surface area contributed by atoms with E-state index in [4.69, 9.17) is 0 Å². The Balaban J connectivity index is 2.55. The molecule has 0 aliphatic carbocycles. The quantitative estimate of drug-likeness (QED) is 0.621. The maximum absolute atomic E-state index is 2.64. The molecule has 1 rings (SSSR count). The Morgan fingerprint density at radius 3 is 2.14 bits per heavy atom. The van der Waals surface area contributed by atoms with Gasteiger partial charge >= 0.3 is 0 Å². The van der Waals surface area contributed by atoms with Crippen LogP contribution in [0.25, 0.3) is 0 Å². The van der Waals surface area contributed by atoms with Gasteiger partial charge in [-0.2, -0.15) is 0 Å². The van der Waals surface area contributed by atoms with Crippen LogP contribution in [0.2, 0.25) is 0 Å². The normalized spacial score (nSPS) is 31.1. The van der Waals surface area contributed by atoms with Crippen LogP contribution in [0.4, 0.5) is 0 Å². The van der Waals surface area contributed by atoms with Crippen molar-refractivity contribution in [2.75, 3.05) is 6.54 Å². The van der Waals surface area contributed by atoms with E-state index in [0.29, 0.717) is 11.5 Å². The molecule has 0 aromatic heterocycles. The van der Waals surface area contributed by atoms with Crippen LogP contribution < -0.4 is 0 Å². The molecular formula is C13H27N. The zero-order valence-electron chi connectivity index (χ0n) is 10.8. The average Bonchev–Trinajstić information content (AvgIpc) is 2.01. The fraction of sp³-hybridized carbons (Fsp3) is 1.00. The number of rotatable bonds is 1. The summed E-state index contributed by atoms with van der Waals surface area (Å²) in [5.74, 6) is 0.910. The summed E-state index contributed by atoms with van der Waals surface area (Å²) in [6, 6.07) is 1.49. The van der Waals surface area contributed by atoms with Gasteiger partial charge in [-0.1, -0.05) is 20.8 Å². The van der Waals surface area contributed by atoms with Crippen molar-refractivity contribution in [1.82, 2.24) is 4.90 Å². The summed E-state index contributed by atoms with van der Waals surface area (Å²) >= 11 is 0. The van der Waals surface area contributed by atoms with Crippen molar-refractivity contribution in [2.24, 2.45) is 11.3 Å². The van der Waals surface area contributed by atoms with E-state index in [9.17, 15) is 0 Å². The van der Waals surface area contributed by atoms with Crippen LogP contribution in [0.5, 0.6) is 0 Å². The van der Waals surface area contributed by atoms with Crippen molar-refractivity contribution < 1.29 is 0 Å². The zero-order valence-corrected chi connectivity index (χ0v) is 10.8. The lowest BCUT2D eigenvalue weighted by molar-refractivity contribution is 0.0496. The molecule has 0 radical (unpaired) electrons. The predicted octanol–water partition coefficient (Wildman–Crippen LogP) is 3.54. The van der Waals surface area contributed by atoms with Gasteiger partial charge < -0.3 is 0 Å². The number of nitrogens with zero attached hydrogens (tertiary/aromatic N) is 1. The van der Waals surface area contributed by atoms with Crippen molar-refractivity contribution in [3.8, 4) is 0 Å². The third-order valence-corrected chi connectivity index (χ3v) is 3.82. The van der Waals surface area contributed by atoms with E-state index in [2.05, 4.69) is 46.4 Å². The van der Waals surface area contributed by atoms with Gasteiger partial charge in [0.25, 0.3) is 0 Å².